The molecule has 0 aromatic heterocycles. The molecular formula is C46H54N6O6. The molecule has 4 amide bonds. The minimum absolute atomic E-state index is 0.156. The second-order valence-electron chi connectivity index (χ2n) is 15.0. The minimum atomic E-state index is -0.156. The van der Waals surface area contributed by atoms with Gasteiger partial charge in [-0.05, 0) is 87.3 Å². The summed E-state index contributed by atoms with van der Waals surface area (Å²) in [5, 5.41) is 0. The Kier molecular flexibility index (Phi) is 13.4. The molecule has 4 aliphatic rings. The van der Waals surface area contributed by atoms with Crippen molar-refractivity contribution < 1.29 is 28.7 Å². The van der Waals surface area contributed by atoms with Crippen molar-refractivity contribution in [3.8, 4) is 11.5 Å². The van der Waals surface area contributed by atoms with Crippen LogP contribution in [0.5, 0.6) is 11.5 Å². The van der Waals surface area contributed by atoms with Crippen LogP contribution in [0.4, 0.5) is 11.4 Å². The molecule has 0 saturated carbocycles. The van der Waals surface area contributed by atoms with Crippen molar-refractivity contribution in [2.75, 3.05) is 103 Å². The highest BCUT2D eigenvalue weighted by molar-refractivity contribution is 6.22. The molecular weight excluding hydrogens is 733 g/mol. The van der Waals surface area contributed by atoms with Crippen LogP contribution in [0.15, 0.2) is 97.1 Å². The Morgan fingerprint density at radius 2 is 0.690 bits per heavy atom. The van der Waals surface area contributed by atoms with Gasteiger partial charge >= 0.3 is 0 Å². The first kappa shape index (κ1) is 40.5. The van der Waals surface area contributed by atoms with Crippen molar-refractivity contribution in [1.82, 2.24) is 19.6 Å². The molecule has 8 rings (SSSR count). The first-order valence-electron chi connectivity index (χ1n) is 20.5. The second kappa shape index (κ2) is 19.1. The standard InChI is InChI=1S/2C23H27N3O3/c2*1-29-21-11-5-4-10-20(21)25-16-14-24(15-17-25)12-6-7-13-26-22(27)18-8-2-3-9-19(18)23(26)28/h2*2-5,8-11H,6-7,12-17H2,1H3. The largest absolute Gasteiger partial charge is 0.495 e. The zero-order chi connectivity index (χ0) is 40.4. The van der Waals surface area contributed by atoms with Gasteiger partial charge in [0.1, 0.15) is 11.5 Å². The number of hydrogen-bond acceptors (Lipinski definition) is 10. The number of carbonyl (C=O) groups excluding carboxylic acids is 4. The molecule has 58 heavy (non-hydrogen) atoms. The van der Waals surface area contributed by atoms with Crippen LogP contribution >= 0.6 is 0 Å². The molecule has 0 aliphatic carbocycles. The van der Waals surface area contributed by atoms with E-state index in [0.717, 1.165) is 114 Å². The van der Waals surface area contributed by atoms with Crippen molar-refractivity contribution in [2.24, 2.45) is 0 Å². The molecule has 4 aromatic rings. The van der Waals surface area contributed by atoms with Crippen LogP contribution in [-0.4, -0.2) is 136 Å². The number of ether oxygens (including phenoxy) is 2. The van der Waals surface area contributed by atoms with Crippen LogP contribution in [0, 0.1) is 0 Å². The predicted octanol–water partition coefficient (Wildman–Crippen LogP) is 5.79. The predicted molar refractivity (Wildman–Crippen MR) is 225 cm³/mol. The summed E-state index contributed by atoms with van der Waals surface area (Å²) in [6.45, 7) is 10.9. The van der Waals surface area contributed by atoms with Gasteiger partial charge in [-0.1, -0.05) is 48.5 Å². The van der Waals surface area contributed by atoms with Crippen molar-refractivity contribution >= 4 is 35.0 Å². The number of carbonyl (C=O) groups is 4. The summed E-state index contributed by atoms with van der Waals surface area (Å²) in [4.78, 5) is 62.1. The van der Waals surface area contributed by atoms with Crippen molar-refractivity contribution in [3.63, 3.8) is 0 Å². The van der Waals surface area contributed by atoms with Crippen LogP contribution in [0.3, 0.4) is 0 Å². The smallest absolute Gasteiger partial charge is 0.261 e. The van der Waals surface area contributed by atoms with Crippen LogP contribution in [0.1, 0.15) is 67.1 Å². The maximum Gasteiger partial charge on any atom is 0.261 e. The number of para-hydroxylation sites is 4. The molecule has 2 saturated heterocycles. The Balaban J connectivity index is 0.000000177. The highest BCUT2D eigenvalue weighted by Crippen LogP contribution is 2.30. The number of hydrogen-bond donors (Lipinski definition) is 0. The average molecular weight is 787 g/mol. The van der Waals surface area contributed by atoms with E-state index < -0.39 is 0 Å². The lowest BCUT2D eigenvalue weighted by molar-refractivity contribution is 0.0634. The first-order valence-corrected chi connectivity index (χ1v) is 20.5. The van der Waals surface area contributed by atoms with E-state index in [0.29, 0.717) is 35.3 Å². The number of methoxy groups -OCH3 is 2. The number of benzene rings is 4. The van der Waals surface area contributed by atoms with Crippen LogP contribution < -0.4 is 19.3 Å². The van der Waals surface area contributed by atoms with Gasteiger partial charge < -0.3 is 19.3 Å². The second-order valence-corrected chi connectivity index (χ2v) is 15.0. The molecule has 0 unspecified atom stereocenters. The third-order valence-electron chi connectivity index (χ3n) is 11.6. The van der Waals surface area contributed by atoms with E-state index in [9.17, 15) is 19.2 Å². The third kappa shape index (κ3) is 9.03. The van der Waals surface area contributed by atoms with Gasteiger partial charge in [0.2, 0.25) is 0 Å². The summed E-state index contributed by atoms with van der Waals surface area (Å²) in [7, 11) is 3.42. The Bertz CT molecular complexity index is 1860. The summed E-state index contributed by atoms with van der Waals surface area (Å²) < 4.78 is 11.0. The number of amides is 4. The zero-order valence-electron chi connectivity index (χ0n) is 33.7. The maximum absolute atomic E-state index is 12.4. The first-order chi connectivity index (χ1) is 28.4. The molecule has 0 N–H and O–H groups in total. The number of unbranched alkanes of at least 4 members (excludes halogenated alkanes) is 2. The lowest BCUT2D eigenvalue weighted by Gasteiger charge is -2.36. The normalized spacial score (nSPS) is 17.0. The monoisotopic (exact) mass is 786 g/mol. The average Bonchev–Trinajstić information content (AvgIpc) is 3.67. The fourth-order valence-electron chi connectivity index (χ4n) is 8.30. The van der Waals surface area contributed by atoms with E-state index >= 15 is 0 Å². The number of anilines is 2. The molecule has 0 bridgehead atoms. The number of rotatable bonds is 14. The molecule has 12 heteroatoms. The van der Waals surface area contributed by atoms with E-state index in [-0.39, 0.29) is 23.6 Å². The topological polar surface area (TPSA) is 106 Å². The molecule has 0 spiro atoms. The summed E-state index contributed by atoms with van der Waals surface area (Å²) in [6.07, 6.45) is 3.61. The van der Waals surface area contributed by atoms with Gasteiger partial charge in [-0.2, -0.15) is 0 Å². The number of piperazine rings is 2. The number of fused-ring (bicyclic) bond motifs is 2. The Morgan fingerprint density at radius 1 is 0.397 bits per heavy atom. The Labute approximate surface area is 341 Å². The fourth-order valence-corrected chi connectivity index (χ4v) is 8.30. The van der Waals surface area contributed by atoms with E-state index in [2.05, 4.69) is 31.7 Å². The lowest BCUT2D eigenvalue weighted by Crippen LogP contribution is -2.46. The Hall–Kier alpha value is -5.72. The molecule has 0 atom stereocenters. The SMILES string of the molecule is COc1ccccc1N1CCN(CCCCN2C(=O)c3ccccc3C2=O)CC1.COc1ccccc1N1CCN(CCCCN2C(=O)c3ccccc3C2=O)CC1. The molecule has 4 aromatic carbocycles. The fraction of sp³-hybridized carbons (Fsp3) is 0.391. The molecule has 4 aliphatic heterocycles. The van der Waals surface area contributed by atoms with Gasteiger partial charge in [0, 0.05) is 65.4 Å². The maximum atomic E-state index is 12.4. The summed E-state index contributed by atoms with van der Waals surface area (Å²) in [6, 6.07) is 30.4. The zero-order valence-corrected chi connectivity index (χ0v) is 33.7. The van der Waals surface area contributed by atoms with Crippen LogP contribution in [0.25, 0.3) is 0 Å². The summed E-state index contributed by atoms with van der Waals surface area (Å²) >= 11 is 0. The van der Waals surface area contributed by atoms with E-state index in [1.54, 1.807) is 62.8 Å². The molecule has 304 valence electrons. The molecule has 12 nitrogen and oxygen atoms in total. The highest BCUT2D eigenvalue weighted by Gasteiger charge is 2.35. The highest BCUT2D eigenvalue weighted by atomic mass is 16.5. The molecule has 4 heterocycles. The number of imide groups is 2. The van der Waals surface area contributed by atoms with Crippen LogP contribution in [0.2, 0.25) is 0 Å². The summed E-state index contributed by atoms with van der Waals surface area (Å²) in [5.41, 5.74) is 4.44. The van der Waals surface area contributed by atoms with Gasteiger partial charge in [-0.25, -0.2) is 0 Å². The number of nitrogens with zero attached hydrogens (tertiary/aromatic N) is 6. The lowest BCUT2D eigenvalue weighted by atomic mass is 10.1. The quantitative estimate of drug-likeness (QED) is 0.115. The van der Waals surface area contributed by atoms with Crippen molar-refractivity contribution in [3.05, 3.63) is 119 Å². The Morgan fingerprint density at radius 3 is 1.02 bits per heavy atom. The van der Waals surface area contributed by atoms with Crippen LogP contribution in [-0.2, 0) is 0 Å². The van der Waals surface area contributed by atoms with Gasteiger partial charge in [-0.15, -0.1) is 0 Å². The molecule has 0 radical (unpaired) electrons. The van der Waals surface area contributed by atoms with E-state index in [1.165, 1.54) is 9.80 Å². The van der Waals surface area contributed by atoms with Gasteiger partial charge in [-0.3, -0.25) is 38.8 Å². The van der Waals surface area contributed by atoms with Crippen molar-refractivity contribution in [1.29, 1.82) is 0 Å². The van der Waals surface area contributed by atoms with Gasteiger partial charge in [0.25, 0.3) is 23.6 Å². The third-order valence-corrected chi connectivity index (χ3v) is 11.6. The summed E-state index contributed by atoms with van der Waals surface area (Å²) in [5.74, 6) is 1.21. The van der Waals surface area contributed by atoms with Gasteiger partial charge in [0.15, 0.2) is 0 Å². The minimum Gasteiger partial charge on any atom is -0.495 e. The molecule has 2 fully saturated rings. The van der Waals surface area contributed by atoms with Gasteiger partial charge in [0.05, 0.1) is 47.8 Å². The van der Waals surface area contributed by atoms with Crippen molar-refractivity contribution in [2.45, 2.75) is 25.7 Å². The van der Waals surface area contributed by atoms with E-state index in [4.69, 9.17) is 9.47 Å². The van der Waals surface area contributed by atoms with E-state index in [1.807, 2.05) is 36.4 Å².